The number of anilines is 1. The summed E-state index contributed by atoms with van der Waals surface area (Å²) in [5.74, 6) is -0.513. The van der Waals surface area contributed by atoms with Crippen molar-refractivity contribution >= 4 is 23.4 Å². The van der Waals surface area contributed by atoms with E-state index in [0.29, 0.717) is 30.4 Å². The summed E-state index contributed by atoms with van der Waals surface area (Å²) in [6, 6.07) is 6.29. The van der Waals surface area contributed by atoms with Crippen molar-refractivity contribution in [2.75, 3.05) is 11.4 Å². The number of nitrogens with zero attached hydrogens (tertiary/aromatic N) is 5. The third-order valence-electron chi connectivity index (χ3n) is 3.35. The largest absolute Gasteiger partial charge is 0.309 e. The van der Waals surface area contributed by atoms with Crippen molar-refractivity contribution < 1.29 is 9.18 Å². The highest BCUT2D eigenvalue weighted by Gasteiger charge is 2.35. The Kier molecular flexibility index (Phi) is 4.19. The Bertz CT molecular complexity index is 704. The SMILES string of the molecule is C=CCn1nnnc1S[C@@H]1CCN(c2ccccc2F)C1=O. The third kappa shape index (κ3) is 2.74. The van der Waals surface area contributed by atoms with Gasteiger partial charge in [0.2, 0.25) is 11.1 Å². The van der Waals surface area contributed by atoms with Crippen LogP contribution in [0.2, 0.25) is 0 Å². The maximum atomic E-state index is 13.8. The summed E-state index contributed by atoms with van der Waals surface area (Å²) >= 11 is 1.30. The molecule has 0 aliphatic carbocycles. The topological polar surface area (TPSA) is 63.9 Å². The number of thioether (sulfide) groups is 1. The van der Waals surface area contributed by atoms with Crippen LogP contribution in [0, 0.1) is 5.82 Å². The van der Waals surface area contributed by atoms with Gasteiger partial charge in [-0.1, -0.05) is 30.0 Å². The van der Waals surface area contributed by atoms with E-state index in [-0.39, 0.29) is 11.2 Å². The Morgan fingerprint density at radius 3 is 3.05 bits per heavy atom. The first-order chi connectivity index (χ1) is 10.7. The maximum absolute atomic E-state index is 13.8. The Hall–Kier alpha value is -2.22. The van der Waals surface area contributed by atoms with Crippen LogP contribution in [0.25, 0.3) is 0 Å². The van der Waals surface area contributed by atoms with E-state index in [4.69, 9.17) is 0 Å². The Labute approximate surface area is 131 Å². The quantitative estimate of drug-likeness (QED) is 0.788. The molecular weight excluding hydrogens is 305 g/mol. The predicted octanol–water partition coefficient (Wildman–Crippen LogP) is 1.90. The second-order valence-electron chi connectivity index (χ2n) is 4.77. The number of amides is 1. The predicted molar refractivity (Wildman–Crippen MR) is 81.0 cm³/mol. The van der Waals surface area contributed by atoms with Gasteiger partial charge >= 0.3 is 0 Å². The number of rotatable bonds is 5. The van der Waals surface area contributed by atoms with Gasteiger partial charge in [-0.3, -0.25) is 4.79 Å². The summed E-state index contributed by atoms with van der Waals surface area (Å²) in [6.45, 7) is 4.61. The van der Waals surface area contributed by atoms with Crippen molar-refractivity contribution in [3.8, 4) is 0 Å². The summed E-state index contributed by atoms with van der Waals surface area (Å²) in [6.07, 6.45) is 2.31. The van der Waals surface area contributed by atoms with Crippen molar-refractivity contribution in [1.29, 1.82) is 0 Å². The van der Waals surface area contributed by atoms with Crippen LogP contribution in [0.3, 0.4) is 0 Å². The number of carbonyl (C=O) groups excluding carboxylic acids is 1. The molecule has 2 aromatic rings. The number of hydrogen-bond donors (Lipinski definition) is 0. The van der Waals surface area contributed by atoms with Gasteiger partial charge in [-0.15, -0.1) is 11.7 Å². The van der Waals surface area contributed by atoms with E-state index in [1.165, 1.54) is 22.7 Å². The molecule has 0 unspecified atom stereocenters. The van der Waals surface area contributed by atoms with E-state index < -0.39 is 5.82 Å². The molecule has 1 amide bonds. The zero-order chi connectivity index (χ0) is 15.5. The van der Waals surface area contributed by atoms with Gasteiger partial charge in [0.25, 0.3) is 0 Å². The molecular formula is C14H14FN5OS. The van der Waals surface area contributed by atoms with Gasteiger partial charge in [0.05, 0.1) is 17.5 Å². The van der Waals surface area contributed by atoms with Crippen molar-refractivity contribution in [3.63, 3.8) is 0 Å². The van der Waals surface area contributed by atoms with Crippen LogP contribution < -0.4 is 4.90 Å². The molecule has 0 saturated carbocycles. The maximum Gasteiger partial charge on any atom is 0.240 e. The number of aromatic nitrogens is 4. The molecule has 0 N–H and O–H groups in total. The van der Waals surface area contributed by atoms with E-state index in [0.717, 1.165) is 0 Å². The van der Waals surface area contributed by atoms with Crippen LogP contribution in [0.1, 0.15) is 6.42 Å². The molecule has 1 fully saturated rings. The molecule has 2 heterocycles. The number of tetrazole rings is 1. The Morgan fingerprint density at radius 1 is 1.45 bits per heavy atom. The fourth-order valence-corrected chi connectivity index (χ4v) is 3.34. The van der Waals surface area contributed by atoms with Gasteiger partial charge in [0.15, 0.2) is 0 Å². The third-order valence-corrected chi connectivity index (χ3v) is 4.57. The lowest BCUT2D eigenvalue weighted by atomic mass is 10.3. The first-order valence-corrected chi connectivity index (χ1v) is 7.68. The molecule has 1 atom stereocenters. The number of benzene rings is 1. The van der Waals surface area contributed by atoms with E-state index in [1.807, 2.05) is 0 Å². The Morgan fingerprint density at radius 2 is 2.27 bits per heavy atom. The van der Waals surface area contributed by atoms with Crippen molar-refractivity contribution in [2.45, 2.75) is 23.4 Å². The lowest BCUT2D eigenvalue weighted by molar-refractivity contribution is -0.116. The van der Waals surface area contributed by atoms with Crippen LogP contribution in [0.4, 0.5) is 10.1 Å². The number of para-hydroxylation sites is 1. The van der Waals surface area contributed by atoms with Crippen molar-refractivity contribution in [1.82, 2.24) is 20.2 Å². The summed E-state index contributed by atoms with van der Waals surface area (Å²) in [4.78, 5) is 14.0. The lowest BCUT2D eigenvalue weighted by Crippen LogP contribution is -2.28. The molecule has 1 aromatic heterocycles. The van der Waals surface area contributed by atoms with Crippen LogP contribution in [-0.2, 0) is 11.3 Å². The van der Waals surface area contributed by atoms with Crippen molar-refractivity contribution in [3.05, 3.63) is 42.7 Å². The molecule has 6 nitrogen and oxygen atoms in total. The van der Waals surface area contributed by atoms with Gasteiger partial charge in [0.1, 0.15) is 5.82 Å². The average molecular weight is 319 g/mol. The van der Waals surface area contributed by atoms with Gasteiger partial charge in [0, 0.05) is 6.54 Å². The molecule has 22 heavy (non-hydrogen) atoms. The number of carbonyl (C=O) groups is 1. The van der Waals surface area contributed by atoms with Gasteiger partial charge in [-0.25, -0.2) is 9.07 Å². The standard InChI is InChI=1S/C14H14FN5OS/c1-2-8-20-14(16-17-18-20)22-12-7-9-19(13(12)21)11-6-4-3-5-10(11)15/h2-6,12H,1,7-9H2/t12-/m1/s1. The minimum Gasteiger partial charge on any atom is -0.309 e. The highest BCUT2D eigenvalue weighted by Crippen LogP contribution is 2.32. The fraction of sp³-hybridized carbons (Fsp3) is 0.286. The fourth-order valence-electron chi connectivity index (χ4n) is 2.32. The van der Waals surface area contributed by atoms with Crippen LogP contribution in [-0.4, -0.2) is 37.9 Å². The molecule has 1 aromatic carbocycles. The minimum absolute atomic E-state index is 0.122. The average Bonchev–Trinajstić information content (AvgIpc) is 3.09. The summed E-state index contributed by atoms with van der Waals surface area (Å²) in [5.41, 5.74) is 0.321. The van der Waals surface area contributed by atoms with Gasteiger partial charge < -0.3 is 4.90 Å². The second kappa shape index (κ2) is 6.27. The number of allylic oxidation sites excluding steroid dienone is 1. The molecule has 1 saturated heterocycles. The molecule has 114 valence electrons. The normalized spacial score (nSPS) is 18.0. The highest BCUT2D eigenvalue weighted by atomic mass is 32.2. The van der Waals surface area contributed by atoms with Crippen LogP contribution >= 0.6 is 11.8 Å². The van der Waals surface area contributed by atoms with Crippen molar-refractivity contribution in [2.24, 2.45) is 0 Å². The van der Waals surface area contributed by atoms with E-state index in [9.17, 15) is 9.18 Å². The summed E-state index contributed by atoms with van der Waals surface area (Å²) in [7, 11) is 0. The van der Waals surface area contributed by atoms with Gasteiger partial charge in [-0.05, 0) is 29.0 Å². The van der Waals surface area contributed by atoms with E-state index in [1.54, 1.807) is 29.0 Å². The molecule has 3 rings (SSSR count). The highest BCUT2D eigenvalue weighted by molar-refractivity contribution is 8.00. The zero-order valence-corrected chi connectivity index (χ0v) is 12.5. The molecule has 8 heteroatoms. The zero-order valence-electron chi connectivity index (χ0n) is 11.7. The van der Waals surface area contributed by atoms with E-state index in [2.05, 4.69) is 22.1 Å². The lowest BCUT2D eigenvalue weighted by Gasteiger charge is -2.17. The van der Waals surface area contributed by atoms with Crippen LogP contribution in [0.15, 0.2) is 42.1 Å². The molecule has 0 spiro atoms. The molecule has 1 aliphatic heterocycles. The first-order valence-electron chi connectivity index (χ1n) is 6.80. The minimum atomic E-state index is -0.391. The molecule has 1 aliphatic rings. The molecule has 0 radical (unpaired) electrons. The van der Waals surface area contributed by atoms with E-state index >= 15 is 0 Å². The Balaban J connectivity index is 1.75. The number of hydrogen-bond acceptors (Lipinski definition) is 5. The molecule has 0 bridgehead atoms. The monoisotopic (exact) mass is 319 g/mol. The smallest absolute Gasteiger partial charge is 0.240 e. The summed E-state index contributed by atoms with van der Waals surface area (Å²) < 4.78 is 15.4. The van der Waals surface area contributed by atoms with Gasteiger partial charge in [-0.2, -0.15) is 0 Å². The first kappa shape index (κ1) is 14.7. The van der Waals surface area contributed by atoms with Crippen LogP contribution in [0.5, 0.6) is 0 Å². The second-order valence-corrected chi connectivity index (χ2v) is 5.94. The summed E-state index contributed by atoms with van der Waals surface area (Å²) in [5, 5.41) is 11.6. The number of halogens is 1.